The summed E-state index contributed by atoms with van der Waals surface area (Å²) in [6.45, 7) is 9.32. The third-order valence-electron chi connectivity index (χ3n) is 5.07. The minimum absolute atomic E-state index is 0.0224. The molecule has 2 heterocycles. The molecule has 0 radical (unpaired) electrons. The lowest BCUT2D eigenvalue weighted by molar-refractivity contribution is -0.117. The molecule has 0 aliphatic heterocycles. The van der Waals surface area contributed by atoms with Gasteiger partial charge in [-0.1, -0.05) is 40.0 Å². The lowest BCUT2D eigenvalue weighted by Crippen LogP contribution is -2.20. The summed E-state index contributed by atoms with van der Waals surface area (Å²) >= 11 is 0. The number of aryl methyl sites for hydroxylation is 1. The first-order chi connectivity index (χ1) is 11.8. The number of carbonyl (C=O) groups excluding carboxylic acids is 1. The first kappa shape index (κ1) is 18.0. The molecule has 136 valence electrons. The highest BCUT2D eigenvalue weighted by atomic mass is 16.1. The van der Waals surface area contributed by atoms with Gasteiger partial charge in [-0.15, -0.1) is 0 Å². The van der Waals surface area contributed by atoms with Gasteiger partial charge in [-0.25, -0.2) is 4.98 Å². The molecule has 0 spiro atoms. The van der Waals surface area contributed by atoms with E-state index < -0.39 is 0 Å². The van der Waals surface area contributed by atoms with Gasteiger partial charge in [0.15, 0.2) is 0 Å². The summed E-state index contributed by atoms with van der Waals surface area (Å²) in [4.78, 5) is 16.9. The molecule has 0 atom stereocenters. The summed E-state index contributed by atoms with van der Waals surface area (Å²) < 4.78 is 2.34. The molecule has 1 aliphatic carbocycles. The van der Waals surface area contributed by atoms with E-state index in [1.165, 1.54) is 37.6 Å². The molecular weight excluding hydrogens is 310 g/mol. The molecule has 2 aromatic heterocycles. The van der Waals surface area contributed by atoms with Crippen molar-refractivity contribution in [3.05, 3.63) is 23.9 Å². The van der Waals surface area contributed by atoms with Crippen LogP contribution in [-0.4, -0.2) is 15.5 Å². The monoisotopic (exact) mass is 341 g/mol. The number of pyridine rings is 1. The molecule has 3 rings (SSSR count). The van der Waals surface area contributed by atoms with E-state index in [0.717, 1.165) is 23.5 Å². The fourth-order valence-corrected chi connectivity index (χ4v) is 3.80. The maximum Gasteiger partial charge on any atom is 0.226 e. The Hall–Kier alpha value is -1.84. The van der Waals surface area contributed by atoms with Crippen molar-refractivity contribution in [2.75, 3.05) is 5.32 Å². The molecule has 0 aromatic carbocycles. The van der Waals surface area contributed by atoms with Crippen molar-refractivity contribution in [3.8, 4) is 0 Å². The van der Waals surface area contributed by atoms with Crippen LogP contribution >= 0.6 is 0 Å². The Labute approximate surface area is 151 Å². The van der Waals surface area contributed by atoms with Gasteiger partial charge in [0, 0.05) is 19.2 Å². The standard InChI is InChI=1S/C21H31N3O/c1-15-12-18-17(22-20(15)23-19(25)13-21(2,3)4)10-11-24(18)14-16-8-6-5-7-9-16/h10-12,16H,5-9,13-14H2,1-4H3,(H,22,23,25). The van der Waals surface area contributed by atoms with Crippen LogP contribution in [0.5, 0.6) is 0 Å². The molecule has 1 saturated carbocycles. The quantitative estimate of drug-likeness (QED) is 0.820. The molecule has 0 unspecified atom stereocenters. The normalized spacial score (nSPS) is 16.3. The van der Waals surface area contributed by atoms with Gasteiger partial charge in [0.1, 0.15) is 5.82 Å². The van der Waals surface area contributed by atoms with E-state index in [9.17, 15) is 4.79 Å². The Morgan fingerprint density at radius 1 is 1.28 bits per heavy atom. The first-order valence-electron chi connectivity index (χ1n) is 9.58. The van der Waals surface area contributed by atoms with E-state index in [4.69, 9.17) is 4.98 Å². The lowest BCUT2D eigenvalue weighted by Gasteiger charge is -2.22. The third-order valence-corrected chi connectivity index (χ3v) is 5.07. The lowest BCUT2D eigenvalue weighted by atomic mass is 9.89. The maximum atomic E-state index is 12.2. The highest BCUT2D eigenvalue weighted by molar-refractivity contribution is 5.92. The van der Waals surface area contributed by atoms with Gasteiger partial charge in [-0.3, -0.25) is 4.79 Å². The van der Waals surface area contributed by atoms with Gasteiger partial charge in [-0.05, 0) is 48.8 Å². The number of anilines is 1. The molecule has 1 fully saturated rings. The molecule has 0 bridgehead atoms. The summed E-state index contributed by atoms with van der Waals surface area (Å²) in [6, 6.07) is 4.23. The van der Waals surface area contributed by atoms with Crippen molar-refractivity contribution >= 4 is 22.8 Å². The second-order valence-corrected chi connectivity index (χ2v) is 8.82. The van der Waals surface area contributed by atoms with E-state index in [2.05, 4.69) is 49.0 Å². The smallest absolute Gasteiger partial charge is 0.226 e. The molecule has 4 nitrogen and oxygen atoms in total. The van der Waals surface area contributed by atoms with Crippen molar-refractivity contribution in [1.82, 2.24) is 9.55 Å². The SMILES string of the molecule is Cc1cc2c(ccn2CC2CCCCC2)nc1NC(=O)CC(C)(C)C. The number of amides is 1. The largest absolute Gasteiger partial charge is 0.346 e. The van der Waals surface area contributed by atoms with Gasteiger partial charge >= 0.3 is 0 Å². The van der Waals surface area contributed by atoms with Crippen LogP contribution in [0.4, 0.5) is 5.82 Å². The average Bonchev–Trinajstić information content (AvgIpc) is 2.89. The topological polar surface area (TPSA) is 46.9 Å². The summed E-state index contributed by atoms with van der Waals surface area (Å²) in [7, 11) is 0. The number of hydrogen-bond acceptors (Lipinski definition) is 2. The highest BCUT2D eigenvalue weighted by Crippen LogP contribution is 2.28. The minimum atomic E-state index is -0.0224. The molecule has 1 N–H and O–H groups in total. The Morgan fingerprint density at radius 3 is 2.68 bits per heavy atom. The third kappa shape index (κ3) is 4.62. The van der Waals surface area contributed by atoms with Crippen molar-refractivity contribution in [1.29, 1.82) is 0 Å². The van der Waals surface area contributed by atoms with Gasteiger partial charge in [-0.2, -0.15) is 0 Å². The van der Waals surface area contributed by atoms with Gasteiger partial charge in [0.25, 0.3) is 0 Å². The van der Waals surface area contributed by atoms with Crippen LogP contribution in [0.3, 0.4) is 0 Å². The number of nitrogens with zero attached hydrogens (tertiary/aromatic N) is 2. The molecular formula is C21H31N3O. The van der Waals surface area contributed by atoms with Crippen molar-refractivity contribution in [2.45, 2.75) is 72.8 Å². The van der Waals surface area contributed by atoms with Crippen LogP contribution in [-0.2, 0) is 11.3 Å². The van der Waals surface area contributed by atoms with Gasteiger partial charge < -0.3 is 9.88 Å². The van der Waals surface area contributed by atoms with E-state index >= 15 is 0 Å². The van der Waals surface area contributed by atoms with Crippen LogP contribution in [0.15, 0.2) is 18.3 Å². The summed E-state index contributed by atoms with van der Waals surface area (Å²) in [5.74, 6) is 1.51. The van der Waals surface area contributed by atoms with E-state index in [-0.39, 0.29) is 11.3 Å². The second kappa shape index (κ2) is 7.19. The van der Waals surface area contributed by atoms with Crippen LogP contribution in [0.2, 0.25) is 0 Å². The van der Waals surface area contributed by atoms with Crippen LogP contribution in [0.1, 0.15) is 64.9 Å². The summed E-state index contributed by atoms with van der Waals surface area (Å²) in [6.07, 6.45) is 9.44. The van der Waals surface area contributed by atoms with E-state index in [1.807, 2.05) is 6.92 Å². The van der Waals surface area contributed by atoms with Crippen LogP contribution in [0, 0.1) is 18.3 Å². The Morgan fingerprint density at radius 2 is 2.00 bits per heavy atom. The zero-order chi connectivity index (χ0) is 18.0. The zero-order valence-electron chi connectivity index (χ0n) is 16.1. The molecule has 0 saturated heterocycles. The number of rotatable bonds is 4. The fraction of sp³-hybridized carbons (Fsp3) is 0.619. The first-order valence-corrected chi connectivity index (χ1v) is 9.58. The Kier molecular flexibility index (Phi) is 5.16. The zero-order valence-corrected chi connectivity index (χ0v) is 16.1. The molecule has 25 heavy (non-hydrogen) atoms. The minimum Gasteiger partial charge on any atom is -0.346 e. The number of carbonyl (C=O) groups is 1. The van der Waals surface area contributed by atoms with E-state index in [0.29, 0.717) is 12.2 Å². The predicted octanol–water partition coefficient (Wildman–Crippen LogP) is 5.30. The molecule has 4 heteroatoms. The summed E-state index contributed by atoms with van der Waals surface area (Å²) in [5.41, 5.74) is 3.15. The maximum absolute atomic E-state index is 12.2. The molecule has 1 aliphatic rings. The molecule has 2 aromatic rings. The fourth-order valence-electron chi connectivity index (χ4n) is 3.80. The van der Waals surface area contributed by atoms with Crippen molar-refractivity contribution in [3.63, 3.8) is 0 Å². The van der Waals surface area contributed by atoms with Gasteiger partial charge in [0.2, 0.25) is 5.91 Å². The highest BCUT2D eigenvalue weighted by Gasteiger charge is 2.18. The van der Waals surface area contributed by atoms with Crippen LogP contribution < -0.4 is 5.32 Å². The second-order valence-electron chi connectivity index (χ2n) is 8.82. The summed E-state index contributed by atoms with van der Waals surface area (Å²) in [5, 5.41) is 2.99. The van der Waals surface area contributed by atoms with Crippen molar-refractivity contribution < 1.29 is 4.79 Å². The molecule has 1 amide bonds. The average molecular weight is 341 g/mol. The number of fused-ring (bicyclic) bond motifs is 1. The number of hydrogen-bond donors (Lipinski definition) is 1. The predicted molar refractivity (Wildman–Crippen MR) is 104 cm³/mol. The van der Waals surface area contributed by atoms with Crippen molar-refractivity contribution in [2.24, 2.45) is 11.3 Å². The Balaban J connectivity index is 1.77. The number of nitrogens with one attached hydrogen (secondary N) is 1. The van der Waals surface area contributed by atoms with Crippen LogP contribution in [0.25, 0.3) is 11.0 Å². The van der Waals surface area contributed by atoms with E-state index in [1.54, 1.807) is 0 Å². The Bertz CT molecular complexity index is 748. The number of aromatic nitrogens is 2. The van der Waals surface area contributed by atoms with Gasteiger partial charge in [0.05, 0.1) is 11.0 Å².